The van der Waals surface area contributed by atoms with Gasteiger partial charge in [0.25, 0.3) is 0 Å². The molecule has 0 atom stereocenters. The Morgan fingerprint density at radius 2 is 2.33 bits per heavy atom. The minimum Gasteiger partial charge on any atom is -0.477 e. The second-order valence-electron chi connectivity index (χ2n) is 2.91. The molecule has 1 N–H and O–H groups in total. The van der Waals surface area contributed by atoms with Crippen LogP contribution in [0.25, 0.3) is 0 Å². The molecule has 0 spiro atoms. The van der Waals surface area contributed by atoms with Crippen molar-refractivity contribution >= 4 is 21.9 Å². The van der Waals surface area contributed by atoms with E-state index in [1.807, 2.05) is 0 Å². The van der Waals surface area contributed by atoms with Crippen LogP contribution in [0.5, 0.6) is 0 Å². The van der Waals surface area contributed by atoms with E-state index in [1.54, 1.807) is 0 Å². The van der Waals surface area contributed by atoms with Gasteiger partial charge in [-0.3, -0.25) is 4.68 Å². The number of carboxylic acids is 1. The van der Waals surface area contributed by atoms with Gasteiger partial charge < -0.3 is 5.11 Å². The Morgan fingerprint density at radius 1 is 1.67 bits per heavy atom. The molecule has 0 aromatic carbocycles. The Balaban J connectivity index is 2.63. The first kappa shape index (κ1) is 12.1. The summed E-state index contributed by atoms with van der Waals surface area (Å²) in [5, 5.41) is 12.6. The van der Waals surface area contributed by atoms with Gasteiger partial charge in [-0.2, -0.15) is 5.10 Å². The van der Waals surface area contributed by atoms with Crippen LogP contribution in [-0.2, 0) is 6.54 Å². The Morgan fingerprint density at radius 3 is 2.87 bits per heavy atom. The zero-order chi connectivity index (χ0) is 11.4. The quantitative estimate of drug-likeness (QED) is 0.902. The zero-order valence-corrected chi connectivity index (χ0v) is 9.25. The molecule has 0 amide bonds. The molecule has 1 aromatic rings. The minimum atomic E-state index is -2.36. The Hall–Kier alpha value is -0.980. The maximum Gasteiger partial charge on any atom is 0.354 e. The molecule has 0 saturated carbocycles. The molecule has 1 rings (SSSR count). The number of nitrogens with zero attached hydrogens (tertiary/aromatic N) is 2. The first-order valence-electron chi connectivity index (χ1n) is 4.25. The molecule has 0 bridgehead atoms. The van der Waals surface area contributed by atoms with E-state index in [2.05, 4.69) is 21.0 Å². The van der Waals surface area contributed by atoms with E-state index in [-0.39, 0.29) is 25.1 Å². The number of hydrogen-bond acceptors (Lipinski definition) is 2. The SMILES string of the molecule is O=C(O)c1cc(Br)nn1CCCC(F)F. The fourth-order valence-electron chi connectivity index (χ4n) is 1.12. The van der Waals surface area contributed by atoms with Gasteiger partial charge in [0, 0.05) is 19.0 Å². The van der Waals surface area contributed by atoms with Crippen LogP contribution in [0.2, 0.25) is 0 Å². The fourth-order valence-corrected chi connectivity index (χ4v) is 1.53. The zero-order valence-electron chi connectivity index (χ0n) is 7.66. The van der Waals surface area contributed by atoms with E-state index in [0.717, 1.165) is 0 Å². The highest BCUT2D eigenvalue weighted by atomic mass is 79.9. The minimum absolute atomic E-state index is 0.00357. The molecule has 1 heterocycles. The summed E-state index contributed by atoms with van der Waals surface area (Å²) in [5.74, 6) is -1.12. The average molecular weight is 283 g/mol. The Labute approximate surface area is 93.0 Å². The monoisotopic (exact) mass is 282 g/mol. The van der Waals surface area contributed by atoms with Crippen molar-refractivity contribution in [3.63, 3.8) is 0 Å². The third kappa shape index (κ3) is 3.58. The van der Waals surface area contributed by atoms with Crippen molar-refractivity contribution in [3.05, 3.63) is 16.4 Å². The fraction of sp³-hybridized carbons (Fsp3) is 0.500. The topological polar surface area (TPSA) is 55.1 Å². The largest absolute Gasteiger partial charge is 0.477 e. The molecule has 0 aliphatic heterocycles. The molecule has 0 unspecified atom stereocenters. The van der Waals surface area contributed by atoms with Crippen LogP contribution in [-0.4, -0.2) is 27.3 Å². The van der Waals surface area contributed by atoms with Gasteiger partial charge in [0.2, 0.25) is 6.43 Å². The summed E-state index contributed by atoms with van der Waals surface area (Å²) in [4.78, 5) is 10.7. The van der Waals surface area contributed by atoms with Crippen molar-refractivity contribution in [2.45, 2.75) is 25.8 Å². The van der Waals surface area contributed by atoms with E-state index < -0.39 is 12.4 Å². The lowest BCUT2D eigenvalue weighted by Crippen LogP contribution is -2.10. The van der Waals surface area contributed by atoms with Crippen LogP contribution >= 0.6 is 15.9 Å². The highest BCUT2D eigenvalue weighted by molar-refractivity contribution is 9.10. The molecule has 84 valence electrons. The lowest BCUT2D eigenvalue weighted by Gasteiger charge is -2.03. The second-order valence-corrected chi connectivity index (χ2v) is 3.73. The molecule has 15 heavy (non-hydrogen) atoms. The summed E-state index contributed by atoms with van der Waals surface area (Å²) in [6, 6.07) is 1.34. The number of aryl methyl sites for hydroxylation is 1. The molecule has 0 aliphatic rings. The van der Waals surface area contributed by atoms with Gasteiger partial charge >= 0.3 is 5.97 Å². The van der Waals surface area contributed by atoms with Crippen LogP contribution < -0.4 is 0 Å². The van der Waals surface area contributed by atoms with Crippen LogP contribution in [0, 0.1) is 0 Å². The van der Waals surface area contributed by atoms with Gasteiger partial charge in [0.1, 0.15) is 10.3 Å². The summed E-state index contributed by atoms with van der Waals surface area (Å²) < 4.78 is 25.3. The predicted molar refractivity (Wildman–Crippen MR) is 52.1 cm³/mol. The standard InChI is InChI=1S/C8H9BrF2N2O2/c9-6-4-5(8(14)15)13(12-6)3-1-2-7(10)11/h4,7H,1-3H2,(H,14,15). The molecule has 0 fully saturated rings. The molecule has 4 nitrogen and oxygen atoms in total. The predicted octanol–water partition coefficient (Wildman–Crippen LogP) is 2.39. The molecule has 1 aromatic heterocycles. The number of aromatic nitrogens is 2. The van der Waals surface area contributed by atoms with Gasteiger partial charge in [-0.15, -0.1) is 0 Å². The van der Waals surface area contributed by atoms with Crippen molar-refractivity contribution in [2.24, 2.45) is 0 Å². The smallest absolute Gasteiger partial charge is 0.354 e. The Kier molecular flexibility index (Phi) is 4.19. The molecule has 0 saturated heterocycles. The summed E-state index contributed by atoms with van der Waals surface area (Å²) in [7, 11) is 0. The molecule has 0 radical (unpaired) electrons. The van der Waals surface area contributed by atoms with Gasteiger partial charge in [-0.05, 0) is 22.4 Å². The lowest BCUT2D eigenvalue weighted by molar-refractivity contribution is 0.0682. The molecule has 7 heteroatoms. The highest BCUT2D eigenvalue weighted by Crippen LogP contribution is 2.12. The van der Waals surface area contributed by atoms with Crippen molar-refractivity contribution in [3.8, 4) is 0 Å². The number of halogens is 3. The first-order chi connectivity index (χ1) is 7.00. The maximum absolute atomic E-state index is 11.8. The van der Waals surface area contributed by atoms with Crippen LogP contribution in [0.1, 0.15) is 23.3 Å². The number of rotatable bonds is 5. The van der Waals surface area contributed by atoms with Crippen molar-refractivity contribution in [2.75, 3.05) is 0 Å². The normalized spacial score (nSPS) is 10.9. The van der Waals surface area contributed by atoms with E-state index in [9.17, 15) is 13.6 Å². The number of alkyl halides is 2. The van der Waals surface area contributed by atoms with Crippen molar-refractivity contribution < 1.29 is 18.7 Å². The van der Waals surface area contributed by atoms with Crippen LogP contribution in [0.15, 0.2) is 10.7 Å². The van der Waals surface area contributed by atoms with Gasteiger partial charge in [0.05, 0.1) is 0 Å². The molecule has 0 aliphatic carbocycles. The van der Waals surface area contributed by atoms with E-state index in [1.165, 1.54) is 10.7 Å². The van der Waals surface area contributed by atoms with Crippen LogP contribution in [0.3, 0.4) is 0 Å². The van der Waals surface area contributed by atoms with Crippen molar-refractivity contribution in [1.29, 1.82) is 0 Å². The summed E-state index contributed by atoms with van der Waals surface area (Å²) in [6.45, 7) is 0.178. The number of hydrogen-bond donors (Lipinski definition) is 1. The van der Waals surface area contributed by atoms with E-state index in [0.29, 0.717) is 4.60 Å². The first-order valence-corrected chi connectivity index (χ1v) is 5.05. The van der Waals surface area contributed by atoms with E-state index in [4.69, 9.17) is 5.11 Å². The summed E-state index contributed by atoms with van der Waals surface area (Å²) >= 11 is 3.03. The van der Waals surface area contributed by atoms with Gasteiger partial charge in [-0.25, -0.2) is 13.6 Å². The summed E-state index contributed by atoms with van der Waals surface area (Å²) in [6.07, 6.45) is -2.42. The third-order valence-electron chi connectivity index (χ3n) is 1.76. The maximum atomic E-state index is 11.8. The number of carbonyl (C=O) groups is 1. The van der Waals surface area contributed by atoms with E-state index >= 15 is 0 Å². The average Bonchev–Trinajstić information content (AvgIpc) is 2.46. The molecular weight excluding hydrogens is 274 g/mol. The highest BCUT2D eigenvalue weighted by Gasteiger charge is 2.13. The second kappa shape index (κ2) is 5.20. The number of carboxylic acid groups (broad SMARTS) is 1. The Bertz CT molecular complexity index is 354. The van der Waals surface area contributed by atoms with Crippen molar-refractivity contribution in [1.82, 2.24) is 9.78 Å². The third-order valence-corrected chi connectivity index (χ3v) is 2.15. The van der Waals surface area contributed by atoms with Gasteiger partial charge in [-0.1, -0.05) is 0 Å². The van der Waals surface area contributed by atoms with Gasteiger partial charge in [0.15, 0.2) is 0 Å². The number of aromatic carboxylic acids is 1. The lowest BCUT2D eigenvalue weighted by atomic mass is 10.3. The van der Waals surface area contributed by atoms with Crippen LogP contribution in [0.4, 0.5) is 8.78 Å². The summed E-state index contributed by atoms with van der Waals surface area (Å²) in [5.41, 5.74) is -0.00357. The molecular formula is C8H9BrF2N2O2.